The Kier molecular flexibility index (Phi) is 6.42. The molecule has 0 aromatic heterocycles. The number of alkyl halides is 6. The Morgan fingerprint density at radius 1 is 1.00 bits per heavy atom. The highest BCUT2D eigenvalue weighted by Gasteiger charge is 2.81. The molecule has 2 saturated heterocycles. The fourth-order valence-corrected chi connectivity index (χ4v) is 5.78. The standard InChI is InChI=1S/C14H13Cl9O3/c1-11-5-2-3-6(24-10(17)9(15)16)8(11)26-13(11,14(21,22)23)25-7(4-5)12(18,19)20/h5-8H,2-4H2,1H3/t5-,6-,7+,8?,11-,13-/m0/s1. The second-order valence-electron chi connectivity index (χ2n) is 6.78. The molecule has 0 N–H and O–H groups in total. The molecule has 3 fully saturated rings. The summed E-state index contributed by atoms with van der Waals surface area (Å²) >= 11 is 54.2. The Morgan fingerprint density at radius 3 is 2.12 bits per heavy atom. The summed E-state index contributed by atoms with van der Waals surface area (Å²) in [6, 6.07) is 0. The lowest BCUT2D eigenvalue weighted by Gasteiger charge is -2.72. The summed E-state index contributed by atoms with van der Waals surface area (Å²) in [5, 5.41) is -0.119. The van der Waals surface area contributed by atoms with E-state index in [-0.39, 0.29) is 15.6 Å². The highest BCUT2D eigenvalue weighted by molar-refractivity contribution is 6.69. The maximum atomic E-state index is 6.25. The summed E-state index contributed by atoms with van der Waals surface area (Å²) in [5.41, 5.74) is -0.705. The van der Waals surface area contributed by atoms with Crippen molar-refractivity contribution in [3.63, 3.8) is 0 Å². The molecule has 0 aromatic rings. The third kappa shape index (κ3) is 3.43. The van der Waals surface area contributed by atoms with Crippen LogP contribution in [0.2, 0.25) is 0 Å². The van der Waals surface area contributed by atoms with Crippen molar-refractivity contribution >= 4 is 104 Å². The van der Waals surface area contributed by atoms with E-state index < -0.39 is 37.1 Å². The second-order valence-corrected chi connectivity index (χ2v) is 12.7. The van der Waals surface area contributed by atoms with E-state index in [9.17, 15) is 0 Å². The van der Waals surface area contributed by atoms with E-state index in [0.717, 1.165) is 0 Å². The minimum Gasteiger partial charge on any atom is -0.475 e. The Bertz CT molecular complexity index is 612. The van der Waals surface area contributed by atoms with Gasteiger partial charge >= 0.3 is 0 Å². The normalized spacial score (nSPS) is 42.5. The molecule has 6 atom stereocenters. The lowest BCUT2D eigenvalue weighted by atomic mass is 9.54. The minimum atomic E-state index is -1.92. The van der Waals surface area contributed by atoms with Crippen LogP contribution >= 0.6 is 104 Å². The van der Waals surface area contributed by atoms with Crippen LogP contribution in [0.5, 0.6) is 0 Å². The molecular formula is C14H13Cl9O3. The van der Waals surface area contributed by atoms with Gasteiger partial charge in [-0.05, 0) is 36.8 Å². The van der Waals surface area contributed by atoms with Crippen molar-refractivity contribution in [2.75, 3.05) is 0 Å². The molecule has 1 aliphatic carbocycles. The first-order chi connectivity index (χ1) is 11.7. The Morgan fingerprint density at radius 2 is 1.62 bits per heavy atom. The molecule has 12 heteroatoms. The Hall–Kier alpha value is 2.07. The molecule has 0 bridgehead atoms. The highest BCUT2D eigenvalue weighted by atomic mass is 35.6. The van der Waals surface area contributed by atoms with Crippen LogP contribution in [0.1, 0.15) is 26.2 Å². The largest absolute Gasteiger partial charge is 0.475 e. The molecule has 1 saturated carbocycles. The van der Waals surface area contributed by atoms with Gasteiger partial charge in [-0.1, -0.05) is 99.7 Å². The molecule has 0 radical (unpaired) electrons. The summed E-state index contributed by atoms with van der Waals surface area (Å²) in [6.07, 6.45) is 0.0977. The SMILES string of the molecule is C[C@]12C3O[C@@]1(C(Cl)(Cl)Cl)O[C@@H](C(Cl)(Cl)Cl)C[C@@H]2CC[C@@H]3OC(Cl)=C(Cl)Cl. The molecule has 3 nitrogen and oxygen atoms in total. The lowest BCUT2D eigenvalue weighted by Crippen LogP contribution is -2.83. The van der Waals surface area contributed by atoms with Gasteiger partial charge in [-0.15, -0.1) is 0 Å². The van der Waals surface area contributed by atoms with Gasteiger partial charge in [-0.2, -0.15) is 0 Å². The number of ether oxygens (including phenoxy) is 3. The summed E-state index contributed by atoms with van der Waals surface area (Å²) in [4.78, 5) is 0. The zero-order valence-corrected chi connectivity index (χ0v) is 19.9. The molecule has 0 spiro atoms. The van der Waals surface area contributed by atoms with Crippen molar-refractivity contribution in [3.05, 3.63) is 9.71 Å². The molecule has 2 heterocycles. The first-order valence-corrected chi connectivity index (χ1v) is 11.0. The zero-order chi connectivity index (χ0) is 19.7. The molecule has 2 aliphatic heterocycles. The first kappa shape index (κ1) is 22.7. The average molecular weight is 548 g/mol. The molecule has 1 unspecified atom stereocenters. The Balaban J connectivity index is 1.96. The number of hydrogen-bond donors (Lipinski definition) is 0. The van der Waals surface area contributed by atoms with E-state index in [0.29, 0.717) is 19.3 Å². The highest BCUT2D eigenvalue weighted by Crippen LogP contribution is 2.71. The van der Waals surface area contributed by atoms with Crippen molar-refractivity contribution in [3.8, 4) is 0 Å². The van der Waals surface area contributed by atoms with E-state index in [1.54, 1.807) is 0 Å². The van der Waals surface area contributed by atoms with E-state index in [4.69, 9.17) is 119 Å². The number of rotatable bonds is 2. The summed E-state index contributed by atoms with van der Waals surface area (Å²) < 4.78 is 13.9. The van der Waals surface area contributed by atoms with E-state index in [1.807, 2.05) is 6.92 Å². The predicted octanol–water partition coefficient (Wildman–Crippen LogP) is 7.26. The Labute approximate surface area is 196 Å². The maximum Gasteiger partial charge on any atom is 0.244 e. The maximum absolute atomic E-state index is 6.25. The van der Waals surface area contributed by atoms with Crippen molar-refractivity contribution in [1.29, 1.82) is 0 Å². The molecule has 3 rings (SSSR count). The van der Waals surface area contributed by atoms with Gasteiger partial charge in [0.1, 0.15) is 18.3 Å². The third-order valence-electron chi connectivity index (χ3n) is 5.53. The van der Waals surface area contributed by atoms with Crippen molar-refractivity contribution in [1.82, 2.24) is 0 Å². The predicted molar refractivity (Wildman–Crippen MR) is 108 cm³/mol. The molecule has 0 aromatic carbocycles. The van der Waals surface area contributed by atoms with Crippen molar-refractivity contribution in [2.45, 2.75) is 57.9 Å². The van der Waals surface area contributed by atoms with Crippen LogP contribution in [-0.2, 0) is 14.2 Å². The smallest absolute Gasteiger partial charge is 0.244 e. The van der Waals surface area contributed by atoms with Gasteiger partial charge in [-0.25, -0.2) is 0 Å². The van der Waals surface area contributed by atoms with Gasteiger partial charge < -0.3 is 14.2 Å². The van der Waals surface area contributed by atoms with Gasteiger partial charge in [0.25, 0.3) is 0 Å². The van der Waals surface area contributed by atoms with E-state index >= 15 is 0 Å². The summed E-state index contributed by atoms with van der Waals surface area (Å²) in [5.74, 6) is -1.57. The molecule has 3 aliphatic rings. The van der Waals surface area contributed by atoms with E-state index in [1.165, 1.54) is 0 Å². The molecule has 150 valence electrons. The van der Waals surface area contributed by atoms with E-state index in [2.05, 4.69) is 0 Å². The van der Waals surface area contributed by atoms with Crippen LogP contribution in [-0.4, -0.2) is 31.7 Å². The monoisotopic (exact) mass is 544 g/mol. The fourth-order valence-electron chi connectivity index (χ4n) is 4.30. The quantitative estimate of drug-likeness (QED) is 0.269. The van der Waals surface area contributed by atoms with Gasteiger partial charge in [0, 0.05) is 0 Å². The van der Waals surface area contributed by atoms with Crippen molar-refractivity contribution in [2.24, 2.45) is 11.3 Å². The molecule has 26 heavy (non-hydrogen) atoms. The second kappa shape index (κ2) is 7.34. The topological polar surface area (TPSA) is 27.7 Å². The molecular weight excluding hydrogens is 535 g/mol. The van der Waals surface area contributed by atoms with Gasteiger partial charge in [-0.3, -0.25) is 0 Å². The van der Waals surface area contributed by atoms with Crippen LogP contribution in [0.3, 0.4) is 0 Å². The van der Waals surface area contributed by atoms with Crippen LogP contribution in [0.25, 0.3) is 0 Å². The van der Waals surface area contributed by atoms with Crippen LogP contribution in [0.4, 0.5) is 0 Å². The fraction of sp³-hybridized carbons (Fsp3) is 0.857. The van der Waals surface area contributed by atoms with Gasteiger partial charge in [0.15, 0.2) is 4.49 Å². The van der Waals surface area contributed by atoms with Crippen molar-refractivity contribution < 1.29 is 14.2 Å². The summed E-state index contributed by atoms with van der Waals surface area (Å²) in [6.45, 7) is 1.91. The zero-order valence-electron chi connectivity index (χ0n) is 13.1. The van der Waals surface area contributed by atoms with Crippen LogP contribution in [0, 0.1) is 11.3 Å². The third-order valence-corrected chi connectivity index (χ3v) is 7.82. The van der Waals surface area contributed by atoms with Crippen LogP contribution < -0.4 is 0 Å². The average Bonchev–Trinajstić information content (AvgIpc) is 2.47. The summed E-state index contributed by atoms with van der Waals surface area (Å²) in [7, 11) is 0. The first-order valence-electron chi connectivity index (χ1n) is 7.60. The minimum absolute atomic E-state index is 0.0142. The lowest BCUT2D eigenvalue weighted by molar-refractivity contribution is -0.484. The number of hydrogen-bond acceptors (Lipinski definition) is 3. The number of halogens is 9. The van der Waals surface area contributed by atoms with Gasteiger partial charge in [0.2, 0.25) is 18.6 Å². The molecule has 0 amide bonds. The van der Waals surface area contributed by atoms with Crippen LogP contribution in [0.15, 0.2) is 9.71 Å². The van der Waals surface area contributed by atoms with Gasteiger partial charge in [0.05, 0.1) is 5.41 Å².